The summed E-state index contributed by atoms with van der Waals surface area (Å²) < 4.78 is 69.2. The van der Waals surface area contributed by atoms with E-state index in [1.807, 2.05) is 28.8 Å². The number of rotatable bonds is 24. The van der Waals surface area contributed by atoms with Crippen LogP contribution in [0.3, 0.4) is 0 Å². The highest BCUT2D eigenvalue weighted by atomic mass is 32.2. The number of aromatic nitrogens is 1. The molecule has 0 bridgehead atoms. The van der Waals surface area contributed by atoms with Gasteiger partial charge in [-0.05, 0) is 68.5 Å². The number of carbonyl (C=O) groups is 4. The molecule has 3 heterocycles. The Morgan fingerprint density at radius 3 is 1.88 bits per heavy atom. The van der Waals surface area contributed by atoms with Gasteiger partial charge in [0.25, 0.3) is 16.0 Å². The van der Waals surface area contributed by atoms with E-state index in [0.29, 0.717) is 49.8 Å². The molecule has 1 saturated carbocycles. The summed E-state index contributed by atoms with van der Waals surface area (Å²) >= 11 is 0. The van der Waals surface area contributed by atoms with Crippen LogP contribution in [-0.2, 0) is 49.9 Å². The molecule has 2 aliphatic heterocycles. The zero-order valence-corrected chi connectivity index (χ0v) is 45.3. The number of fused-ring (bicyclic) bond motifs is 2. The summed E-state index contributed by atoms with van der Waals surface area (Å²) in [7, 11) is -4.17. The minimum Gasteiger partial charge on any atom is -0.422 e. The maximum Gasteiger partial charge on any atom is 0.345 e. The summed E-state index contributed by atoms with van der Waals surface area (Å²) in [5, 5.41) is 61.9. The number of hydrogen-bond donors (Lipinski definition) is 13. The van der Waals surface area contributed by atoms with E-state index in [1.54, 1.807) is 50.2 Å². The summed E-state index contributed by atoms with van der Waals surface area (Å²) in [6.45, 7) is 3.60. The van der Waals surface area contributed by atoms with Crippen LogP contribution < -0.4 is 48.2 Å². The zero-order valence-electron chi connectivity index (χ0n) is 44.5. The van der Waals surface area contributed by atoms with Gasteiger partial charge >= 0.3 is 5.97 Å². The summed E-state index contributed by atoms with van der Waals surface area (Å²) in [4.78, 5) is 52.5. The Morgan fingerprint density at radius 1 is 0.713 bits per heavy atom. The summed E-state index contributed by atoms with van der Waals surface area (Å²) in [6.07, 6.45) is -12.2. The molecule has 4 aromatic rings. The van der Waals surface area contributed by atoms with Gasteiger partial charge in [-0.2, -0.15) is 13.0 Å². The number of carbonyl (C=O) groups excluding carboxylic acids is 4. The molecule has 0 radical (unpaired) electrons. The second kappa shape index (κ2) is 28.0. The van der Waals surface area contributed by atoms with Gasteiger partial charge in [0.05, 0.1) is 60.1 Å². The van der Waals surface area contributed by atoms with E-state index in [-0.39, 0.29) is 89.7 Å². The van der Waals surface area contributed by atoms with E-state index in [1.165, 1.54) is 0 Å². The number of nitrogens with two attached hydrogens (primary N) is 4. The van der Waals surface area contributed by atoms with Gasteiger partial charge in [-0.1, -0.05) is 24.3 Å². The molecule has 14 atom stereocenters. The van der Waals surface area contributed by atoms with Crippen LogP contribution in [-0.4, -0.2) is 193 Å². The molecule has 14 unspecified atom stereocenters. The third-order valence-electron chi connectivity index (χ3n) is 14.4. The molecule has 2 saturated heterocycles. The number of para-hydroxylation sites is 2. The number of amides is 3. The SMILES string of the molecule is Cc1cc(C(=O)NCCOCCNC(=O)CCCC(=O)NCC2OC(OC3C(N)CC(N)C(OC4OC(CO)C(O)C(N)C4O)C3O)C(N)CC2O)cc(C)c1OC(=O)c1c2ccccc2[n+](CCCS(=O)(=O)O)c2ccccc12. The van der Waals surface area contributed by atoms with Crippen LogP contribution in [0.15, 0.2) is 60.7 Å². The predicted octanol–water partition coefficient (Wildman–Crippen LogP) is -2.70. The highest BCUT2D eigenvalue weighted by molar-refractivity contribution is 7.85. The van der Waals surface area contributed by atoms with E-state index in [0.717, 1.165) is 0 Å². The molecule has 1 aliphatic carbocycles. The van der Waals surface area contributed by atoms with Crippen molar-refractivity contribution in [2.45, 2.75) is 144 Å². The van der Waals surface area contributed by atoms with E-state index >= 15 is 0 Å². The van der Waals surface area contributed by atoms with Crippen molar-refractivity contribution in [2.24, 2.45) is 22.9 Å². The topological polar surface area (TPSA) is 423 Å². The van der Waals surface area contributed by atoms with Crippen LogP contribution in [0.25, 0.3) is 21.8 Å². The number of benzene rings is 3. The van der Waals surface area contributed by atoms with Crippen molar-refractivity contribution in [3.63, 3.8) is 0 Å². The van der Waals surface area contributed by atoms with Crippen molar-refractivity contribution in [3.05, 3.63) is 82.9 Å². The normalized spacial score (nSPS) is 28.1. The fourth-order valence-corrected chi connectivity index (χ4v) is 10.8. The second-order valence-corrected chi connectivity index (χ2v) is 22.0. The Balaban J connectivity index is 0.789. The number of ether oxygens (including phenoxy) is 6. The maximum absolute atomic E-state index is 14.1. The molecular weight excluding hydrogens is 1070 g/mol. The monoisotopic (exact) mass is 1140 g/mol. The first-order chi connectivity index (χ1) is 38.1. The Hall–Kier alpha value is -5.44. The lowest BCUT2D eigenvalue weighted by molar-refractivity contribution is -0.645. The van der Waals surface area contributed by atoms with Gasteiger partial charge in [0.15, 0.2) is 19.1 Å². The van der Waals surface area contributed by atoms with Crippen molar-refractivity contribution >= 4 is 55.6 Å². The lowest BCUT2D eigenvalue weighted by Gasteiger charge is -2.47. The number of nitrogens with zero attached hydrogens (tertiary/aromatic N) is 1. The van der Waals surface area contributed by atoms with Crippen LogP contribution in [0.2, 0.25) is 0 Å². The molecule has 27 heteroatoms. The second-order valence-electron chi connectivity index (χ2n) is 20.5. The quantitative estimate of drug-likeness (QED) is 0.00848. The first-order valence-electron chi connectivity index (χ1n) is 26.5. The van der Waals surface area contributed by atoms with Gasteiger partial charge in [-0.25, -0.2) is 4.79 Å². The van der Waals surface area contributed by atoms with E-state index in [9.17, 15) is 57.7 Å². The first kappa shape index (κ1) is 62.2. The highest BCUT2D eigenvalue weighted by Crippen LogP contribution is 2.33. The average molecular weight is 1140 g/mol. The number of nitrogens with one attached hydrogen (secondary N) is 3. The van der Waals surface area contributed by atoms with Crippen LogP contribution in [0.4, 0.5) is 0 Å². The Bertz CT molecular complexity index is 2840. The standard InChI is InChI=1S/C53H74N8O18S/c1-27-21-29(22-28(2)47(27)77-51(70)42-30-9-3-5-11-35(30)61(17-8-20-80(71,72)73)36-12-6-4-10-31(36)42)50(69)59-16-19-74-18-15-58-40(64)13-7-14-41(65)60-25-38-37(63)24-34(56)52(75-38)78-48-32(54)23-33(55)49(46(48)68)79-53-45(67)43(57)44(66)39(26-62)76-53/h3-6,9-12,21-22,32-34,37-39,43-46,48-49,52-53,62-63,66-68H,7-8,13-20,23-26,54-57H2,1-2H3,(H3-,58,59,60,64,65,69,71,72,73)/p+1. The third-order valence-corrected chi connectivity index (χ3v) is 15.2. The highest BCUT2D eigenvalue weighted by Gasteiger charge is 2.50. The molecular formula is C53H75N8O18S+. The molecule has 80 heavy (non-hydrogen) atoms. The number of aryl methyl sites for hydroxylation is 3. The zero-order chi connectivity index (χ0) is 58.0. The van der Waals surface area contributed by atoms with E-state index in [4.69, 9.17) is 51.4 Å². The summed E-state index contributed by atoms with van der Waals surface area (Å²) in [6, 6.07) is 13.9. The van der Waals surface area contributed by atoms with Crippen LogP contribution in [0.5, 0.6) is 5.75 Å². The van der Waals surface area contributed by atoms with Gasteiger partial charge in [-0.15, -0.1) is 0 Å². The molecule has 3 aliphatic rings. The Kier molecular flexibility index (Phi) is 21.8. The smallest absolute Gasteiger partial charge is 0.345 e. The maximum atomic E-state index is 14.1. The summed E-state index contributed by atoms with van der Waals surface area (Å²) in [5.41, 5.74) is 27.9. The molecule has 3 fully saturated rings. The minimum absolute atomic E-state index is 0.00808. The number of pyridine rings is 1. The van der Waals surface area contributed by atoms with E-state index in [2.05, 4.69) is 16.0 Å². The predicted molar refractivity (Wildman–Crippen MR) is 286 cm³/mol. The number of hydrogen-bond acceptors (Lipinski definition) is 21. The number of esters is 1. The molecule has 26 nitrogen and oxygen atoms in total. The fraction of sp³-hybridized carbons (Fsp3) is 0.566. The fourth-order valence-electron chi connectivity index (χ4n) is 10.3. The Morgan fingerprint density at radius 2 is 1.27 bits per heavy atom. The van der Waals surface area contributed by atoms with Crippen molar-refractivity contribution < 1.29 is 90.7 Å². The largest absolute Gasteiger partial charge is 0.422 e. The molecule has 3 amide bonds. The minimum atomic E-state index is -4.17. The molecule has 1 aromatic heterocycles. The van der Waals surface area contributed by atoms with Gasteiger partial charge < -0.3 is 92.8 Å². The molecule has 0 spiro atoms. The van der Waals surface area contributed by atoms with Crippen LogP contribution >= 0.6 is 0 Å². The average Bonchev–Trinajstić information content (AvgIpc) is 3.58. The molecule has 17 N–H and O–H groups in total. The van der Waals surface area contributed by atoms with Gasteiger partial charge in [-0.3, -0.25) is 18.9 Å². The van der Waals surface area contributed by atoms with Crippen molar-refractivity contribution in [1.29, 1.82) is 0 Å². The van der Waals surface area contributed by atoms with Crippen molar-refractivity contribution in [3.8, 4) is 5.75 Å². The Labute approximate surface area is 462 Å². The van der Waals surface area contributed by atoms with Gasteiger partial charge in [0.2, 0.25) is 22.8 Å². The number of aliphatic hydroxyl groups excluding tert-OH is 5. The number of aliphatic hydroxyl groups is 5. The van der Waals surface area contributed by atoms with Crippen LogP contribution in [0.1, 0.15) is 70.4 Å². The van der Waals surface area contributed by atoms with E-state index < -0.39 is 120 Å². The summed E-state index contributed by atoms with van der Waals surface area (Å²) in [5.74, 6) is -1.84. The van der Waals surface area contributed by atoms with Crippen molar-refractivity contribution in [2.75, 3.05) is 45.2 Å². The third kappa shape index (κ3) is 15.6. The van der Waals surface area contributed by atoms with Gasteiger partial charge in [0.1, 0.15) is 48.5 Å². The molecule has 440 valence electrons. The molecule has 3 aromatic carbocycles. The lowest BCUT2D eigenvalue weighted by Crippen LogP contribution is -2.68. The first-order valence-corrected chi connectivity index (χ1v) is 28.2. The molecule has 7 rings (SSSR count). The van der Waals surface area contributed by atoms with Crippen LogP contribution in [0, 0.1) is 13.8 Å². The lowest BCUT2D eigenvalue weighted by atomic mass is 9.84. The van der Waals surface area contributed by atoms with Crippen molar-refractivity contribution in [1.82, 2.24) is 16.0 Å². The van der Waals surface area contributed by atoms with Gasteiger partial charge in [0, 0.05) is 68.7 Å².